The van der Waals surface area contributed by atoms with Crippen LogP contribution in [0.2, 0.25) is 0 Å². The predicted molar refractivity (Wildman–Crippen MR) is 110 cm³/mol. The molecule has 0 fully saturated rings. The number of carbonyl (C=O) groups excluding carboxylic acids is 1. The highest BCUT2D eigenvalue weighted by Gasteiger charge is 2.15. The molecule has 2 heterocycles. The number of fused-ring (bicyclic) bond motifs is 1. The summed E-state index contributed by atoms with van der Waals surface area (Å²) in [5.74, 6) is 0.0224. The monoisotopic (exact) mass is 405 g/mol. The molecule has 0 bridgehead atoms. The summed E-state index contributed by atoms with van der Waals surface area (Å²) >= 11 is 0. The molecular formula is C17H29Cl2N5O2. The third kappa shape index (κ3) is 5.72. The molecule has 0 aliphatic rings. The number of aromatic nitrogens is 3. The molecule has 7 nitrogen and oxygen atoms in total. The summed E-state index contributed by atoms with van der Waals surface area (Å²) in [6, 6.07) is 0. The number of nitrogens with zero attached hydrogens (tertiary/aromatic N) is 2. The molecule has 0 aliphatic carbocycles. The molecule has 0 aliphatic heterocycles. The Labute approximate surface area is 166 Å². The average molecular weight is 406 g/mol. The van der Waals surface area contributed by atoms with Gasteiger partial charge in [-0.1, -0.05) is 6.92 Å². The molecule has 2 aromatic heterocycles. The topological polar surface area (TPSA) is 91.8 Å². The predicted octanol–water partition coefficient (Wildman–Crippen LogP) is 1.77. The van der Waals surface area contributed by atoms with Crippen molar-refractivity contribution < 1.29 is 4.79 Å². The first-order valence-corrected chi connectivity index (χ1v) is 8.47. The van der Waals surface area contributed by atoms with Crippen LogP contribution in [0.1, 0.15) is 36.6 Å². The maximum absolute atomic E-state index is 12.2. The van der Waals surface area contributed by atoms with E-state index in [9.17, 15) is 9.59 Å². The lowest BCUT2D eigenvalue weighted by Crippen LogP contribution is -2.32. The number of hydrogen-bond donors (Lipinski definition) is 3. The Morgan fingerprint density at radius 2 is 1.88 bits per heavy atom. The number of carbonyl (C=O) groups is 1. The molecule has 26 heavy (non-hydrogen) atoms. The number of nitrogens with one attached hydrogen (secondary N) is 3. The Bertz CT molecular complexity index is 786. The van der Waals surface area contributed by atoms with Gasteiger partial charge in [0.1, 0.15) is 0 Å². The van der Waals surface area contributed by atoms with Gasteiger partial charge in [0.2, 0.25) is 5.91 Å². The number of aromatic amines is 1. The van der Waals surface area contributed by atoms with Crippen LogP contribution < -0.4 is 16.2 Å². The fraction of sp³-hybridized carbons (Fsp3) is 0.588. The minimum absolute atomic E-state index is 0. The molecule has 0 saturated heterocycles. The third-order valence-corrected chi connectivity index (χ3v) is 4.23. The highest BCUT2D eigenvalue weighted by molar-refractivity contribution is 5.85. The average Bonchev–Trinajstić information content (AvgIpc) is 2.81. The zero-order valence-corrected chi connectivity index (χ0v) is 17.4. The lowest BCUT2D eigenvalue weighted by atomic mass is 10.0. The van der Waals surface area contributed by atoms with E-state index in [0.717, 1.165) is 36.3 Å². The van der Waals surface area contributed by atoms with E-state index in [4.69, 9.17) is 0 Å². The first kappa shape index (κ1) is 24.4. The largest absolute Gasteiger partial charge is 0.355 e. The van der Waals surface area contributed by atoms with Gasteiger partial charge >= 0.3 is 0 Å². The fourth-order valence-corrected chi connectivity index (χ4v) is 2.90. The van der Waals surface area contributed by atoms with E-state index in [1.165, 1.54) is 4.68 Å². The standard InChI is InChI=1S/C17H27N5O2.2ClH/c1-5-8-18-9-10-19-14(23)7-6-13-11(2)15-16(20-12(13)3)21-22(4)17(15)24;;/h18H,5-10H2,1-4H3,(H,19,23)(H,20,21);2*1H. The van der Waals surface area contributed by atoms with Crippen LogP contribution in [0.25, 0.3) is 11.0 Å². The molecule has 2 aromatic rings. The van der Waals surface area contributed by atoms with Gasteiger partial charge in [-0.25, -0.2) is 4.98 Å². The first-order valence-electron chi connectivity index (χ1n) is 8.47. The Hall–Kier alpha value is -1.57. The zero-order valence-electron chi connectivity index (χ0n) is 15.8. The number of aryl methyl sites for hydroxylation is 3. The van der Waals surface area contributed by atoms with Gasteiger partial charge in [0.25, 0.3) is 5.56 Å². The highest BCUT2D eigenvalue weighted by Crippen LogP contribution is 2.20. The van der Waals surface area contributed by atoms with Crippen molar-refractivity contribution in [1.29, 1.82) is 0 Å². The van der Waals surface area contributed by atoms with E-state index in [1.54, 1.807) is 7.05 Å². The quantitative estimate of drug-likeness (QED) is 0.583. The fourth-order valence-electron chi connectivity index (χ4n) is 2.90. The Balaban J connectivity index is 0.00000312. The van der Waals surface area contributed by atoms with Crippen LogP contribution in [-0.4, -0.2) is 40.3 Å². The molecule has 0 unspecified atom stereocenters. The van der Waals surface area contributed by atoms with Crippen molar-refractivity contribution in [2.45, 2.75) is 40.0 Å². The van der Waals surface area contributed by atoms with Gasteiger partial charge in [0.15, 0.2) is 5.65 Å². The maximum atomic E-state index is 12.2. The summed E-state index contributed by atoms with van der Waals surface area (Å²) in [5, 5.41) is 9.72. The molecule has 0 aromatic carbocycles. The number of hydrogen-bond acceptors (Lipinski definition) is 4. The van der Waals surface area contributed by atoms with E-state index in [2.05, 4.69) is 27.6 Å². The lowest BCUT2D eigenvalue weighted by Gasteiger charge is -2.10. The Kier molecular flexibility index (Phi) is 10.5. The summed E-state index contributed by atoms with van der Waals surface area (Å²) in [7, 11) is 1.68. The first-order chi connectivity index (χ1) is 11.5. The number of halogens is 2. The molecule has 3 N–H and O–H groups in total. The molecule has 0 saturated carbocycles. The van der Waals surface area contributed by atoms with Crippen molar-refractivity contribution in [3.8, 4) is 0 Å². The van der Waals surface area contributed by atoms with Crippen molar-refractivity contribution in [1.82, 2.24) is 25.4 Å². The molecule has 0 atom stereocenters. The van der Waals surface area contributed by atoms with Crippen LogP contribution in [0.4, 0.5) is 0 Å². The van der Waals surface area contributed by atoms with Gasteiger partial charge in [-0.05, 0) is 44.4 Å². The van der Waals surface area contributed by atoms with E-state index in [0.29, 0.717) is 30.4 Å². The van der Waals surface area contributed by atoms with Crippen molar-refractivity contribution in [3.05, 3.63) is 27.2 Å². The van der Waals surface area contributed by atoms with E-state index in [1.807, 2.05) is 13.8 Å². The van der Waals surface area contributed by atoms with Crippen LogP contribution in [0, 0.1) is 13.8 Å². The second-order valence-corrected chi connectivity index (χ2v) is 6.10. The Morgan fingerprint density at radius 3 is 2.54 bits per heavy atom. The summed E-state index contributed by atoms with van der Waals surface area (Å²) in [4.78, 5) is 28.6. The maximum Gasteiger partial charge on any atom is 0.276 e. The Morgan fingerprint density at radius 1 is 1.19 bits per heavy atom. The number of rotatable bonds is 8. The number of pyridine rings is 1. The van der Waals surface area contributed by atoms with Gasteiger partial charge in [-0.3, -0.25) is 19.4 Å². The van der Waals surface area contributed by atoms with Crippen LogP contribution in [-0.2, 0) is 18.3 Å². The van der Waals surface area contributed by atoms with Gasteiger partial charge in [0.05, 0.1) is 5.39 Å². The van der Waals surface area contributed by atoms with E-state index in [-0.39, 0.29) is 36.3 Å². The minimum Gasteiger partial charge on any atom is -0.355 e. The molecular weight excluding hydrogens is 377 g/mol. The SMILES string of the molecule is CCCNCCNC(=O)CCc1c(C)nc2[nH]n(C)c(=O)c2c1C.Cl.Cl. The van der Waals surface area contributed by atoms with Gasteiger partial charge < -0.3 is 10.6 Å². The third-order valence-electron chi connectivity index (χ3n) is 4.23. The van der Waals surface area contributed by atoms with Crippen molar-refractivity contribution in [2.24, 2.45) is 7.05 Å². The van der Waals surface area contributed by atoms with Crippen LogP contribution >= 0.6 is 24.8 Å². The van der Waals surface area contributed by atoms with Gasteiger partial charge in [0, 0.05) is 32.3 Å². The van der Waals surface area contributed by atoms with Crippen molar-refractivity contribution >= 4 is 41.8 Å². The van der Waals surface area contributed by atoms with E-state index >= 15 is 0 Å². The smallest absolute Gasteiger partial charge is 0.276 e. The normalized spacial score (nSPS) is 10.3. The second-order valence-electron chi connectivity index (χ2n) is 6.10. The molecule has 0 radical (unpaired) electrons. The van der Waals surface area contributed by atoms with E-state index < -0.39 is 0 Å². The van der Waals surface area contributed by atoms with Crippen molar-refractivity contribution in [3.63, 3.8) is 0 Å². The van der Waals surface area contributed by atoms with Crippen molar-refractivity contribution in [2.75, 3.05) is 19.6 Å². The lowest BCUT2D eigenvalue weighted by molar-refractivity contribution is -0.121. The highest BCUT2D eigenvalue weighted by atomic mass is 35.5. The molecule has 148 valence electrons. The van der Waals surface area contributed by atoms with Gasteiger partial charge in [-0.15, -0.1) is 24.8 Å². The molecule has 0 spiro atoms. The minimum atomic E-state index is -0.0808. The van der Waals surface area contributed by atoms with Crippen LogP contribution in [0.5, 0.6) is 0 Å². The summed E-state index contributed by atoms with van der Waals surface area (Å²) in [5.41, 5.74) is 3.28. The van der Waals surface area contributed by atoms with Gasteiger partial charge in [-0.2, -0.15) is 0 Å². The molecule has 2 rings (SSSR count). The summed E-state index contributed by atoms with van der Waals surface area (Å²) in [6.45, 7) is 8.33. The zero-order chi connectivity index (χ0) is 17.7. The second kappa shape index (κ2) is 11.2. The number of amides is 1. The summed E-state index contributed by atoms with van der Waals surface area (Å²) in [6.07, 6.45) is 2.07. The summed E-state index contributed by atoms with van der Waals surface area (Å²) < 4.78 is 1.43. The molecule has 1 amide bonds. The molecule has 9 heteroatoms. The van der Waals surface area contributed by atoms with Crippen LogP contribution in [0.15, 0.2) is 4.79 Å². The van der Waals surface area contributed by atoms with Crippen LogP contribution in [0.3, 0.4) is 0 Å². The number of H-pyrrole nitrogens is 1.